The van der Waals surface area contributed by atoms with Gasteiger partial charge in [-0.1, -0.05) is 49.7 Å². The molecule has 0 radical (unpaired) electrons. The number of rotatable bonds is 9. The Labute approximate surface area is 173 Å². The van der Waals surface area contributed by atoms with Gasteiger partial charge in [-0.2, -0.15) is 0 Å². The summed E-state index contributed by atoms with van der Waals surface area (Å²) in [6.07, 6.45) is 2.81. The number of benzene rings is 1. The highest BCUT2D eigenvalue weighted by Gasteiger charge is 2.35. The SMILES string of the molecule is CCCCNS(=O)(=O)c1[nH]n(-c2ccccn2)c(=O)c1C(C(=O)O)c1ccccc1. The average molecular weight is 430 g/mol. The van der Waals surface area contributed by atoms with E-state index >= 15 is 0 Å². The first-order chi connectivity index (χ1) is 14.4. The number of aliphatic carboxylic acids is 1. The van der Waals surface area contributed by atoms with Crippen LogP contribution in [0.1, 0.15) is 36.8 Å². The van der Waals surface area contributed by atoms with Crippen LogP contribution >= 0.6 is 0 Å². The smallest absolute Gasteiger partial charge is 0.315 e. The molecule has 0 spiro atoms. The minimum atomic E-state index is -4.18. The van der Waals surface area contributed by atoms with Gasteiger partial charge in [0.15, 0.2) is 10.8 Å². The lowest BCUT2D eigenvalue weighted by atomic mass is 9.93. The van der Waals surface area contributed by atoms with Crippen molar-refractivity contribution >= 4 is 16.0 Å². The Hall–Kier alpha value is -3.24. The van der Waals surface area contributed by atoms with Crippen LogP contribution in [0.25, 0.3) is 5.82 Å². The third-order valence-corrected chi connectivity index (χ3v) is 5.96. The summed E-state index contributed by atoms with van der Waals surface area (Å²) in [5.74, 6) is -2.66. The largest absolute Gasteiger partial charge is 0.481 e. The number of carboxylic acids is 1. The third kappa shape index (κ3) is 4.34. The van der Waals surface area contributed by atoms with E-state index in [1.54, 1.807) is 30.3 Å². The van der Waals surface area contributed by atoms with Crippen molar-refractivity contribution < 1.29 is 18.3 Å². The van der Waals surface area contributed by atoms with E-state index in [1.807, 2.05) is 6.92 Å². The topological polar surface area (TPSA) is 134 Å². The lowest BCUT2D eigenvalue weighted by Crippen LogP contribution is -2.29. The highest BCUT2D eigenvalue weighted by Crippen LogP contribution is 2.27. The fourth-order valence-electron chi connectivity index (χ4n) is 3.07. The van der Waals surface area contributed by atoms with E-state index in [0.29, 0.717) is 12.0 Å². The molecule has 0 aliphatic carbocycles. The highest BCUT2D eigenvalue weighted by molar-refractivity contribution is 7.89. The molecule has 2 heterocycles. The Morgan fingerprint density at radius 3 is 2.50 bits per heavy atom. The van der Waals surface area contributed by atoms with Crippen LogP contribution in [0.4, 0.5) is 0 Å². The third-order valence-electron chi connectivity index (χ3n) is 4.53. The monoisotopic (exact) mass is 430 g/mol. The number of nitrogens with one attached hydrogen (secondary N) is 2. The summed E-state index contributed by atoms with van der Waals surface area (Å²) < 4.78 is 29.3. The van der Waals surface area contributed by atoms with Crippen molar-refractivity contribution in [1.82, 2.24) is 19.5 Å². The second kappa shape index (κ2) is 9.06. The standard InChI is InChI=1S/C20H22N4O5S/c1-2-3-13-22-30(28,29)18-17(16(20(26)27)14-9-5-4-6-10-14)19(25)24(23-18)15-11-7-8-12-21-15/h4-12,16,22-23H,2-3,13H2,1H3,(H,26,27). The molecule has 0 amide bonds. The quantitative estimate of drug-likeness (QED) is 0.444. The molecule has 0 fully saturated rings. The number of aromatic nitrogens is 3. The summed E-state index contributed by atoms with van der Waals surface area (Å²) in [6.45, 7) is 2.08. The molecular weight excluding hydrogens is 408 g/mol. The summed E-state index contributed by atoms with van der Waals surface area (Å²) in [5, 5.41) is 12.0. The fraction of sp³-hybridized carbons (Fsp3) is 0.250. The molecule has 3 N–H and O–H groups in total. The van der Waals surface area contributed by atoms with Crippen molar-refractivity contribution in [3.05, 3.63) is 76.2 Å². The number of pyridine rings is 1. The molecule has 158 valence electrons. The maximum atomic E-state index is 13.2. The molecule has 0 saturated heterocycles. The van der Waals surface area contributed by atoms with Gasteiger partial charge < -0.3 is 5.11 Å². The van der Waals surface area contributed by atoms with Crippen LogP contribution in [0.5, 0.6) is 0 Å². The van der Waals surface area contributed by atoms with E-state index < -0.39 is 32.5 Å². The first-order valence-electron chi connectivity index (χ1n) is 9.40. The van der Waals surface area contributed by atoms with E-state index in [9.17, 15) is 23.1 Å². The molecule has 9 nitrogen and oxygen atoms in total. The normalized spacial score (nSPS) is 12.6. The molecule has 10 heteroatoms. The Balaban J connectivity index is 2.25. The summed E-state index contributed by atoms with van der Waals surface area (Å²) in [5.41, 5.74) is -0.872. The van der Waals surface area contributed by atoms with Crippen molar-refractivity contribution in [2.24, 2.45) is 0 Å². The van der Waals surface area contributed by atoms with Gasteiger partial charge in [0.25, 0.3) is 15.6 Å². The Morgan fingerprint density at radius 1 is 1.20 bits per heavy atom. The summed E-state index contributed by atoms with van der Waals surface area (Å²) >= 11 is 0. The Bertz CT molecular complexity index is 1170. The first-order valence-corrected chi connectivity index (χ1v) is 10.9. The minimum Gasteiger partial charge on any atom is -0.481 e. The van der Waals surface area contributed by atoms with Gasteiger partial charge in [-0.05, 0) is 24.1 Å². The van der Waals surface area contributed by atoms with Crippen LogP contribution in [0.3, 0.4) is 0 Å². The predicted molar refractivity (Wildman–Crippen MR) is 110 cm³/mol. The van der Waals surface area contributed by atoms with Gasteiger partial charge >= 0.3 is 5.97 Å². The molecular formula is C20H22N4O5S. The van der Waals surface area contributed by atoms with Crippen LogP contribution in [-0.4, -0.2) is 40.8 Å². The Kier molecular flexibility index (Phi) is 6.48. The molecule has 0 aliphatic rings. The lowest BCUT2D eigenvalue weighted by Gasteiger charge is -2.13. The van der Waals surface area contributed by atoms with Gasteiger partial charge in [0.05, 0.1) is 5.56 Å². The van der Waals surface area contributed by atoms with Crippen LogP contribution in [0.15, 0.2) is 64.5 Å². The molecule has 0 aliphatic heterocycles. The number of aromatic amines is 1. The second-order valence-electron chi connectivity index (χ2n) is 6.62. The number of hydrogen-bond donors (Lipinski definition) is 3. The molecule has 3 rings (SSSR count). The van der Waals surface area contributed by atoms with Gasteiger partial charge in [0.2, 0.25) is 0 Å². The van der Waals surface area contributed by atoms with E-state index in [1.165, 1.54) is 24.4 Å². The maximum Gasteiger partial charge on any atom is 0.315 e. The fourth-order valence-corrected chi connectivity index (χ4v) is 4.33. The van der Waals surface area contributed by atoms with Gasteiger partial charge in [0.1, 0.15) is 5.92 Å². The van der Waals surface area contributed by atoms with Crippen LogP contribution < -0.4 is 10.3 Å². The Morgan fingerprint density at radius 2 is 1.90 bits per heavy atom. The lowest BCUT2D eigenvalue weighted by molar-refractivity contribution is -0.137. The molecule has 0 saturated carbocycles. The number of carbonyl (C=O) groups is 1. The maximum absolute atomic E-state index is 13.2. The zero-order chi connectivity index (χ0) is 21.7. The molecule has 2 aromatic heterocycles. The van der Waals surface area contributed by atoms with Gasteiger partial charge in [0, 0.05) is 12.7 Å². The first kappa shape index (κ1) is 21.5. The second-order valence-corrected chi connectivity index (χ2v) is 8.32. The van der Waals surface area contributed by atoms with Crippen molar-refractivity contribution in [2.75, 3.05) is 6.54 Å². The summed E-state index contributed by atoms with van der Waals surface area (Å²) in [6, 6.07) is 12.8. The molecule has 0 bridgehead atoms. The highest BCUT2D eigenvalue weighted by atomic mass is 32.2. The average Bonchev–Trinajstić information content (AvgIpc) is 3.07. The molecule has 1 unspecified atom stereocenters. The van der Waals surface area contributed by atoms with Crippen LogP contribution in [0.2, 0.25) is 0 Å². The van der Waals surface area contributed by atoms with Gasteiger partial charge in [-0.3, -0.25) is 14.7 Å². The number of unbranched alkanes of at least 4 members (excludes halogenated alkanes) is 1. The van der Waals surface area contributed by atoms with Crippen LogP contribution in [0, 0.1) is 0 Å². The van der Waals surface area contributed by atoms with E-state index in [-0.39, 0.29) is 17.9 Å². The summed E-state index contributed by atoms with van der Waals surface area (Å²) in [7, 11) is -4.18. The number of sulfonamides is 1. The summed E-state index contributed by atoms with van der Waals surface area (Å²) in [4.78, 5) is 29.4. The van der Waals surface area contributed by atoms with E-state index in [2.05, 4.69) is 14.8 Å². The zero-order valence-electron chi connectivity index (χ0n) is 16.3. The molecule has 1 aromatic carbocycles. The van der Waals surface area contributed by atoms with Gasteiger partial charge in [-0.25, -0.2) is 22.8 Å². The minimum absolute atomic E-state index is 0.149. The van der Waals surface area contributed by atoms with Crippen molar-refractivity contribution in [3.8, 4) is 5.82 Å². The van der Waals surface area contributed by atoms with E-state index in [4.69, 9.17) is 0 Å². The van der Waals surface area contributed by atoms with Crippen molar-refractivity contribution in [1.29, 1.82) is 0 Å². The van der Waals surface area contributed by atoms with Crippen molar-refractivity contribution in [2.45, 2.75) is 30.7 Å². The van der Waals surface area contributed by atoms with E-state index in [0.717, 1.165) is 11.1 Å². The molecule has 30 heavy (non-hydrogen) atoms. The number of nitrogens with zero attached hydrogens (tertiary/aromatic N) is 2. The molecule has 1 atom stereocenters. The van der Waals surface area contributed by atoms with Crippen molar-refractivity contribution in [3.63, 3.8) is 0 Å². The number of hydrogen-bond acceptors (Lipinski definition) is 5. The van der Waals surface area contributed by atoms with Gasteiger partial charge in [-0.15, -0.1) is 0 Å². The zero-order valence-corrected chi connectivity index (χ0v) is 17.1. The van der Waals surface area contributed by atoms with Crippen LogP contribution in [-0.2, 0) is 14.8 Å². The molecule has 3 aromatic rings. The predicted octanol–water partition coefficient (Wildman–Crippen LogP) is 1.86. The number of H-pyrrole nitrogens is 1. The number of carboxylic acid groups (broad SMARTS) is 1.